The van der Waals surface area contributed by atoms with Gasteiger partial charge in [0.05, 0.1) is 6.04 Å². The summed E-state index contributed by atoms with van der Waals surface area (Å²) in [4.78, 5) is 13.2. The van der Waals surface area contributed by atoms with Crippen LogP contribution in [0.1, 0.15) is 36.3 Å². The van der Waals surface area contributed by atoms with E-state index in [2.05, 4.69) is 27.9 Å². The summed E-state index contributed by atoms with van der Waals surface area (Å²) >= 11 is 7.49. The molecule has 29 heavy (non-hydrogen) atoms. The van der Waals surface area contributed by atoms with Gasteiger partial charge < -0.3 is 10.7 Å². The van der Waals surface area contributed by atoms with E-state index in [1.807, 2.05) is 60.1 Å². The predicted octanol–water partition coefficient (Wildman–Crippen LogP) is 4.59. The standard InChI is InChI=1S/C21H22ClN5OS/c1-3-4-17-24-25-21-27(17)26-18(14-7-9-15(22)10-8-14)19(29-21)20(28)23-16-11-5-13(2)6-12-16/h5-12,18-19,26H,3-4H2,1-2H3,(H,23,28)/t18-,19-/m1/s1. The van der Waals surface area contributed by atoms with Crippen LogP contribution in [0.3, 0.4) is 0 Å². The maximum absolute atomic E-state index is 13.2. The van der Waals surface area contributed by atoms with Gasteiger partial charge in [-0.1, -0.05) is 60.1 Å². The zero-order valence-electron chi connectivity index (χ0n) is 16.2. The Morgan fingerprint density at radius 3 is 2.59 bits per heavy atom. The van der Waals surface area contributed by atoms with Crippen molar-refractivity contribution in [2.75, 3.05) is 10.7 Å². The van der Waals surface area contributed by atoms with Crippen LogP contribution in [0, 0.1) is 6.92 Å². The average Bonchev–Trinajstić information content (AvgIpc) is 3.11. The maximum atomic E-state index is 13.2. The van der Waals surface area contributed by atoms with Crippen LogP contribution in [0.2, 0.25) is 5.02 Å². The zero-order chi connectivity index (χ0) is 20.4. The molecule has 0 saturated heterocycles. The highest BCUT2D eigenvalue weighted by atomic mass is 35.5. The Hall–Kier alpha value is -2.51. The molecule has 2 heterocycles. The van der Waals surface area contributed by atoms with Gasteiger partial charge in [-0.2, -0.15) is 0 Å². The van der Waals surface area contributed by atoms with Gasteiger partial charge in [-0.3, -0.25) is 4.79 Å². The third-order valence-electron chi connectivity index (χ3n) is 4.78. The van der Waals surface area contributed by atoms with Crippen molar-refractivity contribution in [2.45, 2.75) is 43.1 Å². The molecule has 0 radical (unpaired) electrons. The molecule has 0 fully saturated rings. The van der Waals surface area contributed by atoms with Gasteiger partial charge in [0.25, 0.3) is 0 Å². The molecule has 2 N–H and O–H groups in total. The molecule has 4 rings (SSSR count). The van der Waals surface area contributed by atoms with Crippen molar-refractivity contribution in [3.8, 4) is 0 Å². The third-order valence-corrected chi connectivity index (χ3v) is 6.25. The Bertz CT molecular complexity index is 1000. The van der Waals surface area contributed by atoms with Crippen LogP contribution in [0.5, 0.6) is 0 Å². The molecule has 2 atom stereocenters. The number of halogens is 1. The summed E-state index contributed by atoms with van der Waals surface area (Å²) in [5, 5.41) is 12.5. The van der Waals surface area contributed by atoms with Gasteiger partial charge in [-0.15, -0.1) is 10.2 Å². The number of aromatic nitrogens is 3. The Kier molecular flexibility index (Phi) is 5.78. The fraction of sp³-hybridized carbons (Fsp3) is 0.286. The number of nitrogens with one attached hydrogen (secondary N) is 2. The molecule has 0 unspecified atom stereocenters. The number of thioether (sulfide) groups is 1. The number of carbonyl (C=O) groups excluding carboxylic acids is 1. The van der Waals surface area contributed by atoms with Crippen molar-refractivity contribution in [3.63, 3.8) is 0 Å². The number of anilines is 1. The number of hydrogen-bond acceptors (Lipinski definition) is 5. The molecule has 1 aromatic heterocycles. The Morgan fingerprint density at radius 1 is 1.17 bits per heavy atom. The van der Waals surface area contributed by atoms with Gasteiger partial charge in [-0.25, -0.2) is 4.68 Å². The smallest absolute Gasteiger partial charge is 0.240 e. The van der Waals surface area contributed by atoms with E-state index >= 15 is 0 Å². The number of amides is 1. The monoisotopic (exact) mass is 427 g/mol. The van der Waals surface area contributed by atoms with Gasteiger partial charge in [0.2, 0.25) is 11.1 Å². The molecule has 1 aliphatic rings. The number of nitrogens with zero attached hydrogens (tertiary/aromatic N) is 3. The van der Waals surface area contributed by atoms with E-state index in [1.165, 1.54) is 11.8 Å². The van der Waals surface area contributed by atoms with Crippen LogP contribution in [0.4, 0.5) is 5.69 Å². The van der Waals surface area contributed by atoms with Crippen molar-refractivity contribution >= 4 is 35.0 Å². The van der Waals surface area contributed by atoms with E-state index in [9.17, 15) is 4.79 Å². The number of benzene rings is 2. The minimum absolute atomic E-state index is 0.0856. The summed E-state index contributed by atoms with van der Waals surface area (Å²) in [6.07, 6.45) is 1.78. The molecule has 1 amide bonds. The highest BCUT2D eigenvalue weighted by Gasteiger charge is 2.37. The van der Waals surface area contributed by atoms with Crippen molar-refractivity contribution in [1.29, 1.82) is 0 Å². The molecule has 6 nitrogen and oxygen atoms in total. The summed E-state index contributed by atoms with van der Waals surface area (Å²) in [6, 6.07) is 15.1. The fourth-order valence-corrected chi connectivity index (χ4v) is 4.48. The van der Waals surface area contributed by atoms with Crippen molar-refractivity contribution in [1.82, 2.24) is 14.9 Å². The van der Waals surface area contributed by atoms with Crippen molar-refractivity contribution < 1.29 is 4.79 Å². The van der Waals surface area contributed by atoms with Crippen LogP contribution in [0.25, 0.3) is 0 Å². The largest absolute Gasteiger partial charge is 0.325 e. The normalized spacial score (nSPS) is 18.0. The number of hydrogen-bond donors (Lipinski definition) is 2. The van der Waals surface area contributed by atoms with Crippen LogP contribution < -0.4 is 10.7 Å². The second kappa shape index (κ2) is 8.47. The molecule has 2 aromatic carbocycles. The topological polar surface area (TPSA) is 71.8 Å². The number of aryl methyl sites for hydroxylation is 2. The summed E-state index contributed by atoms with van der Waals surface area (Å²) < 4.78 is 1.91. The number of fused-ring (bicyclic) bond motifs is 1. The SMILES string of the molecule is CCCc1nnc2n1N[C@H](c1ccc(Cl)cc1)[C@H](C(=O)Nc1ccc(C)cc1)S2. The Balaban J connectivity index is 1.65. The quantitative estimate of drug-likeness (QED) is 0.623. The van der Waals surface area contributed by atoms with E-state index in [1.54, 1.807) is 0 Å². The average molecular weight is 428 g/mol. The summed E-state index contributed by atoms with van der Waals surface area (Å²) in [5.74, 6) is 0.781. The molecule has 0 bridgehead atoms. The minimum Gasteiger partial charge on any atom is -0.325 e. The van der Waals surface area contributed by atoms with Gasteiger partial charge in [0, 0.05) is 17.1 Å². The molecule has 0 spiro atoms. The lowest BCUT2D eigenvalue weighted by Crippen LogP contribution is -2.41. The van der Waals surface area contributed by atoms with Crippen LogP contribution in [0.15, 0.2) is 53.7 Å². The summed E-state index contributed by atoms with van der Waals surface area (Å²) in [5.41, 5.74) is 6.36. The van der Waals surface area contributed by atoms with Crippen molar-refractivity contribution in [3.05, 3.63) is 70.5 Å². The first kappa shape index (κ1) is 19.8. The number of rotatable bonds is 5. The molecule has 8 heteroatoms. The molecule has 1 aliphatic heterocycles. The van der Waals surface area contributed by atoms with Crippen LogP contribution in [-0.4, -0.2) is 26.0 Å². The van der Waals surface area contributed by atoms with E-state index in [4.69, 9.17) is 11.6 Å². The lowest BCUT2D eigenvalue weighted by atomic mass is 10.0. The van der Waals surface area contributed by atoms with E-state index < -0.39 is 5.25 Å². The fourth-order valence-electron chi connectivity index (χ4n) is 3.25. The van der Waals surface area contributed by atoms with Crippen LogP contribution >= 0.6 is 23.4 Å². The van der Waals surface area contributed by atoms with E-state index in [0.717, 1.165) is 35.5 Å². The lowest BCUT2D eigenvalue weighted by Gasteiger charge is -2.33. The molecule has 0 aliphatic carbocycles. The van der Waals surface area contributed by atoms with E-state index in [0.29, 0.717) is 10.2 Å². The lowest BCUT2D eigenvalue weighted by molar-refractivity contribution is -0.116. The van der Waals surface area contributed by atoms with E-state index in [-0.39, 0.29) is 11.9 Å². The third kappa shape index (κ3) is 4.26. The molecule has 150 valence electrons. The minimum atomic E-state index is -0.413. The van der Waals surface area contributed by atoms with Gasteiger partial charge in [0.15, 0.2) is 5.82 Å². The van der Waals surface area contributed by atoms with Crippen molar-refractivity contribution in [2.24, 2.45) is 0 Å². The van der Waals surface area contributed by atoms with Gasteiger partial charge in [0.1, 0.15) is 5.25 Å². The molecule has 3 aromatic rings. The Morgan fingerprint density at radius 2 is 1.90 bits per heavy atom. The second-order valence-corrected chi connectivity index (χ2v) is 8.58. The maximum Gasteiger partial charge on any atom is 0.240 e. The summed E-state index contributed by atoms with van der Waals surface area (Å²) in [6.45, 7) is 4.12. The second-order valence-electron chi connectivity index (χ2n) is 7.04. The highest BCUT2D eigenvalue weighted by Crippen LogP contribution is 2.38. The molecular formula is C21H22ClN5OS. The predicted molar refractivity (Wildman–Crippen MR) is 117 cm³/mol. The summed E-state index contributed by atoms with van der Waals surface area (Å²) in [7, 11) is 0. The van der Waals surface area contributed by atoms with Gasteiger partial charge >= 0.3 is 0 Å². The first-order valence-corrected chi connectivity index (χ1v) is 10.8. The first-order chi connectivity index (χ1) is 14.0. The van der Waals surface area contributed by atoms with Gasteiger partial charge in [-0.05, 0) is 43.2 Å². The zero-order valence-corrected chi connectivity index (χ0v) is 17.8. The van der Waals surface area contributed by atoms with Crippen LogP contribution in [-0.2, 0) is 11.2 Å². The first-order valence-electron chi connectivity index (χ1n) is 9.55. The molecular weight excluding hydrogens is 406 g/mol. The Labute approximate surface area is 179 Å². The number of carbonyl (C=O) groups is 1. The highest BCUT2D eigenvalue weighted by molar-refractivity contribution is 8.00. The molecule has 0 saturated carbocycles.